The van der Waals surface area contributed by atoms with E-state index >= 15 is 0 Å². The van der Waals surface area contributed by atoms with E-state index in [2.05, 4.69) is 12.2 Å². The van der Waals surface area contributed by atoms with Crippen molar-refractivity contribution in [3.63, 3.8) is 0 Å². The predicted octanol–water partition coefficient (Wildman–Crippen LogP) is 3.50. The van der Waals surface area contributed by atoms with Crippen LogP contribution in [0.4, 0.5) is 11.4 Å². The molecule has 0 bridgehead atoms. The van der Waals surface area contributed by atoms with Crippen molar-refractivity contribution >= 4 is 17.3 Å². The van der Waals surface area contributed by atoms with Crippen LogP contribution in [0.2, 0.25) is 0 Å². The molecule has 110 valence electrons. The lowest BCUT2D eigenvalue weighted by atomic mass is 10.1. The summed E-state index contributed by atoms with van der Waals surface area (Å²) in [6, 6.07) is 3.68. The maximum Gasteiger partial charge on any atom is 0.228 e. The molecule has 0 aliphatic carbocycles. The number of amides is 1. The average molecular weight is 276 g/mol. The van der Waals surface area contributed by atoms with Gasteiger partial charge in [0.2, 0.25) is 5.91 Å². The van der Waals surface area contributed by atoms with Crippen molar-refractivity contribution in [2.24, 2.45) is 0 Å². The highest BCUT2D eigenvalue weighted by molar-refractivity contribution is 6.00. The number of rotatable bonds is 8. The number of ether oxygens (including phenoxy) is 1. The highest BCUT2D eigenvalue weighted by atomic mass is 16.5. The lowest BCUT2D eigenvalue weighted by Gasteiger charge is -2.10. The first-order valence-corrected chi connectivity index (χ1v) is 7.55. The van der Waals surface area contributed by atoms with Gasteiger partial charge in [0.05, 0.1) is 18.7 Å². The topological polar surface area (TPSA) is 64.3 Å². The van der Waals surface area contributed by atoms with Gasteiger partial charge in [0.1, 0.15) is 5.75 Å². The molecule has 20 heavy (non-hydrogen) atoms. The van der Waals surface area contributed by atoms with Gasteiger partial charge in [-0.05, 0) is 18.1 Å². The number of carbonyl (C=O) groups excluding carboxylic acids is 1. The number of nitrogens with one attached hydrogen (secondary N) is 1. The van der Waals surface area contributed by atoms with Crippen molar-refractivity contribution in [2.75, 3.05) is 17.7 Å². The standard InChI is InChI=1S/C16H24N2O2/c1-2-3-4-5-6-7-8-20-15-11-14-12(9-13(15)17)10-16(19)18-14/h9,11H,2-8,10,17H2,1H3,(H,18,19). The number of benzene rings is 1. The largest absolute Gasteiger partial charge is 0.491 e. The van der Waals surface area contributed by atoms with Gasteiger partial charge in [-0.15, -0.1) is 0 Å². The number of fused-ring (bicyclic) bond motifs is 1. The van der Waals surface area contributed by atoms with E-state index in [1.54, 1.807) is 0 Å². The van der Waals surface area contributed by atoms with E-state index < -0.39 is 0 Å². The molecule has 4 heteroatoms. The quantitative estimate of drug-likeness (QED) is 0.564. The van der Waals surface area contributed by atoms with Crippen LogP contribution < -0.4 is 15.8 Å². The molecule has 2 rings (SSSR count). The molecular weight excluding hydrogens is 252 g/mol. The molecular formula is C16H24N2O2. The number of anilines is 2. The maximum absolute atomic E-state index is 11.3. The Bertz CT molecular complexity index is 472. The van der Waals surface area contributed by atoms with Gasteiger partial charge in [-0.25, -0.2) is 0 Å². The number of hydrogen-bond donors (Lipinski definition) is 2. The first-order valence-electron chi connectivity index (χ1n) is 7.55. The summed E-state index contributed by atoms with van der Waals surface area (Å²) >= 11 is 0. The molecule has 0 atom stereocenters. The van der Waals surface area contributed by atoms with Gasteiger partial charge < -0.3 is 15.8 Å². The zero-order valence-electron chi connectivity index (χ0n) is 12.2. The van der Waals surface area contributed by atoms with Gasteiger partial charge in [-0.2, -0.15) is 0 Å². The van der Waals surface area contributed by atoms with Crippen molar-refractivity contribution in [2.45, 2.75) is 51.9 Å². The molecule has 1 aromatic carbocycles. The Kier molecular flexibility index (Phi) is 5.27. The molecule has 0 fully saturated rings. The Morgan fingerprint density at radius 2 is 1.95 bits per heavy atom. The fourth-order valence-electron chi connectivity index (χ4n) is 2.46. The molecule has 0 spiro atoms. The lowest BCUT2D eigenvalue weighted by Crippen LogP contribution is -2.04. The average Bonchev–Trinajstić information content (AvgIpc) is 2.77. The third kappa shape index (κ3) is 3.89. The van der Waals surface area contributed by atoms with Crippen LogP contribution in [0.25, 0.3) is 0 Å². The third-order valence-corrected chi connectivity index (χ3v) is 3.62. The van der Waals surface area contributed by atoms with Crippen molar-refractivity contribution in [1.29, 1.82) is 0 Å². The van der Waals surface area contributed by atoms with E-state index in [-0.39, 0.29) is 5.91 Å². The molecule has 1 amide bonds. The molecule has 3 N–H and O–H groups in total. The molecule has 0 saturated carbocycles. The second-order valence-electron chi connectivity index (χ2n) is 5.39. The van der Waals surface area contributed by atoms with Crippen LogP contribution in [0.1, 0.15) is 51.0 Å². The van der Waals surface area contributed by atoms with Crippen molar-refractivity contribution in [3.8, 4) is 5.75 Å². The first kappa shape index (κ1) is 14.7. The minimum atomic E-state index is 0.0208. The summed E-state index contributed by atoms with van der Waals surface area (Å²) in [6.07, 6.45) is 7.83. The second-order valence-corrected chi connectivity index (χ2v) is 5.39. The van der Waals surface area contributed by atoms with E-state index in [1.165, 1.54) is 32.1 Å². The SMILES string of the molecule is CCCCCCCCOc1cc2c(cc1N)CC(=O)N2. The molecule has 1 aliphatic rings. The summed E-state index contributed by atoms with van der Waals surface area (Å²) in [7, 11) is 0. The van der Waals surface area contributed by atoms with Gasteiger partial charge in [-0.1, -0.05) is 39.0 Å². The lowest BCUT2D eigenvalue weighted by molar-refractivity contribution is -0.115. The minimum absolute atomic E-state index is 0.0208. The zero-order chi connectivity index (χ0) is 14.4. The summed E-state index contributed by atoms with van der Waals surface area (Å²) in [4.78, 5) is 11.3. The van der Waals surface area contributed by atoms with Gasteiger partial charge >= 0.3 is 0 Å². The fraction of sp³-hybridized carbons (Fsp3) is 0.562. The van der Waals surface area contributed by atoms with Crippen LogP contribution in [-0.2, 0) is 11.2 Å². The summed E-state index contributed by atoms with van der Waals surface area (Å²) in [5.74, 6) is 0.701. The van der Waals surface area contributed by atoms with Gasteiger partial charge in [0.25, 0.3) is 0 Å². The Morgan fingerprint density at radius 3 is 2.75 bits per heavy atom. The van der Waals surface area contributed by atoms with E-state index in [1.807, 2.05) is 12.1 Å². The molecule has 0 saturated heterocycles. The number of nitrogen functional groups attached to an aromatic ring is 1. The monoisotopic (exact) mass is 276 g/mol. The first-order chi connectivity index (χ1) is 9.70. The molecule has 1 heterocycles. The molecule has 1 aliphatic heterocycles. The van der Waals surface area contributed by atoms with Crippen LogP contribution in [0.5, 0.6) is 5.75 Å². The third-order valence-electron chi connectivity index (χ3n) is 3.62. The Balaban J connectivity index is 1.76. The maximum atomic E-state index is 11.3. The number of nitrogens with two attached hydrogens (primary N) is 1. The van der Waals surface area contributed by atoms with Crippen molar-refractivity contribution < 1.29 is 9.53 Å². The Hall–Kier alpha value is -1.71. The van der Waals surface area contributed by atoms with E-state index in [0.29, 0.717) is 24.5 Å². The molecule has 0 unspecified atom stereocenters. The Labute approximate surface area is 120 Å². The number of carbonyl (C=O) groups is 1. The normalized spacial score (nSPS) is 13.2. The number of unbranched alkanes of at least 4 members (excludes halogenated alkanes) is 5. The minimum Gasteiger partial charge on any atom is -0.491 e. The van der Waals surface area contributed by atoms with E-state index in [0.717, 1.165) is 17.7 Å². The van der Waals surface area contributed by atoms with Gasteiger partial charge in [0.15, 0.2) is 0 Å². The summed E-state index contributed by atoms with van der Waals surface area (Å²) < 4.78 is 5.73. The van der Waals surface area contributed by atoms with Crippen molar-refractivity contribution in [3.05, 3.63) is 17.7 Å². The number of hydrogen-bond acceptors (Lipinski definition) is 3. The molecule has 0 radical (unpaired) electrons. The second kappa shape index (κ2) is 7.17. The molecule has 0 aromatic heterocycles. The van der Waals surface area contributed by atoms with Crippen LogP contribution in [0.15, 0.2) is 12.1 Å². The van der Waals surface area contributed by atoms with E-state index in [4.69, 9.17) is 10.5 Å². The summed E-state index contributed by atoms with van der Waals surface area (Å²) in [5, 5.41) is 2.82. The zero-order valence-corrected chi connectivity index (χ0v) is 12.2. The molecule has 4 nitrogen and oxygen atoms in total. The summed E-state index contributed by atoms with van der Waals surface area (Å²) in [6.45, 7) is 2.90. The fourth-order valence-corrected chi connectivity index (χ4v) is 2.46. The van der Waals surface area contributed by atoms with Crippen LogP contribution in [-0.4, -0.2) is 12.5 Å². The van der Waals surface area contributed by atoms with Crippen molar-refractivity contribution in [1.82, 2.24) is 0 Å². The Morgan fingerprint density at radius 1 is 1.20 bits per heavy atom. The highest BCUT2D eigenvalue weighted by Gasteiger charge is 2.19. The van der Waals surface area contributed by atoms with Gasteiger partial charge in [0, 0.05) is 11.8 Å². The van der Waals surface area contributed by atoms with Crippen LogP contribution in [0, 0.1) is 0 Å². The van der Waals surface area contributed by atoms with Crippen LogP contribution >= 0.6 is 0 Å². The van der Waals surface area contributed by atoms with Gasteiger partial charge in [-0.3, -0.25) is 4.79 Å². The van der Waals surface area contributed by atoms with Crippen LogP contribution in [0.3, 0.4) is 0 Å². The molecule has 1 aromatic rings. The predicted molar refractivity (Wildman–Crippen MR) is 82.1 cm³/mol. The van der Waals surface area contributed by atoms with E-state index in [9.17, 15) is 4.79 Å². The highest BCUT2D eigenvalue weighted by Crippen LogP contribution is 2.33. The summed E-state index contributed by atoms with van der Waals surface area (Å²) in [5.41, 5.74) is 8.37. The smallest absolute Gasteiger partial charge is 0.228 e.